The molecule has 0 unspecified atom stereocenters. The first-order valence-corrected chi connectivity index (χ1v) is 7.60. The van der Waals surface area contributed by atoms with Gasteiger partial charge in [-0.15, -0.1) is 10.2 Å². The van der Waals surface area contributed by atoms with E-state index in [1.54, 1.807) is 6.92 Å². The Morgan fingerprint density at radius 3 is 2.70 bits per heavy atom. The van der Waals surface area contributed by atoms with Crippen LogP contribution in [0.15, 0.2) is 42.5 Å². The van der Waals surface area contributed by atoms with Crippen LogP contribution in [0.4, 0.5) is 11.5 Å². The van der Waals surface area contributed by atoms with Crippen molar-refractivity contribution in [3.8, 4) is 0 Å². The number of aryl methyl sites for hydroxylation is 1. The molecule has 1 aromatic heterocycles. The van der Waals surface area contributed by atoms with E-state index in [2.05, 4.69) is 15.5 Å². The van der Waals surface area contributed by atoms with Crippen LogP contribution in [0.3, 0.4) is 0 Å². The molecule has 0 spiro atoms. The van der Waals surface area contributed by atoms with Crippen LogP contribution >= 0.6 is 0 Å². The van der Waals surface area contributed by atoms with Crippen molar-refractivity contribution >= 4 is 28.2 Å². The van der Waals surface area contributed by atoms with Crippen molar-refractivity contribution in [2.75, 3.05) is 11.9 Å². The van der Waals surface area contributed by atoms with Gasteiger partial charge >= 0.3 is 5.97 Å². The SMILES string of the molecule is CCOC(=O)c1nn(CC)nc1Nc1cccc2ccccc12. The Morgan fingerprint density at radius 2 is 1.91 bits per heavy atom. The van der Waals surface area contributed by atoms with Crippen molar-refractivity contribution in [1.82, 2.24) is 15.0 Å². The normalized spacial score (nSPS) is 10.7. The largest absolute Gasteiger partial charge is 0.461 e. The summed E-state index contributed by atoms with van der Waals surface area (Å²) in [6, 6.07) is 14.0. The lowest BCUT2D eigenvalue weighted by atomic mass is 10.1. The summed E-state index contributed by atoms with van der Waals surface area (Å²) in [5.41, 5.74) is 1.07. The average molecular weight is 310 g/mol. The number of ether oxygens (including phenoxy) is 1. The van der Waals surface area contributed by atoms with Crippen LogP contribution in [0.5, 0.6) is 0 Å². The molecule has 0 saturated carbocycles. The molecule has 0 radical (unpaired) electrons. The summed E-state index contributed by atoms with van der Waals surface area (Å²) < 4.78 is 5.06. The minimum Gasteiger partial charge on any atom is -0.461 e. The maximum Gasteiger partial charge on any atom is 0.362 e. The van der Waals surface area contributed by atoms with Gasteiger partial charge in [0.25, 0.3) is 0 Å². The summed E-state index contributed by atoms with van der Waals surface area (Å²) in [5.74, 6) is -0.0726. The van der Waals surface area contributed by atoms with Gasteiger partial charge in [0.1, 0.15) is 0 Å². The van der Waals surface area contributed by atoms with Crippen LogP contribution in [-0.2, 0) is 11.3 Å². The topological polar surface area (TPSA) is 69.0 Å². The number of hydrogen-bond acceptors (Lipinski definition) is 5. The summed E-state index contributed by atoms with van der Waals surface area (Å²) in [4.78, 5) is 13.5. The van der Waals surface area contributed by atoms with Crippen LogP contribution in [0.2, 0.25) is 0 Å². The highest BCUT2D eigenvalue weighted by atomic mass is 16.5. The Morgan fingerprint density at radius 1 is 1.13 bits per heavy atom. The predicted octanol–water partition coefficient (Wildman–Crippen LogP) is 3.37. The van der Waals surface area contributed by atoms with Crippen LogP contribution in [0.1, 0.15) is 24.3 Å². The minimum absolute atomic E-state index is 0.196. The molecular formula is C17H18N4O2. The number of rotatable bonds is 5. The Hall–Kier alpha value is -2.89. The van der Waals surface area contributed by atoms with Crippen molar-refractivity contribution in [3.63, 3.8) is 0 Å². The Labute approximate surface area is 134 Å². The summed E-state index contributed by atoms with van der Waals surface area (Å²) in [5, 5.41) is 13.9. The van der Waals surface area contributed by atoms with E-state index in [4.69, 9.17) is 4.74 Å². The van der Waals surface area contributed by atoms with E-state index in [9.17, 15) is 4.79 Å². The number of fused-ring (bicyclic) bond motifs is 1. The first-order chi connectivity index (χ1) is 11.2. The average Bonchev–Trinajstić information content (AvgIpc) is 2.99. The van der Waals surface area contributed by atoms with E-state index in [0.29, 0.717) is 19.0 Å². The molecule has 2 aromatic carbocycles. The molecular weight excluding hydrogens is 292 g/mol. The molecule has 6 heteroatoms. The third-order valence-electron chi connectivity index (χ3n) is 3.45. The van der Waals surface area contributed by atoms with Gasteiger partial charge in [-0.1, -0.05) is 36.4 Å². The standard InChI is InChI=1S/C17H18N4O2/c1-3-21-19-15(17(22)23-4-2)16(20-21)18-14-11-7-9-12-8-5-6-10-13(12)14/h5-11H,3-4H2,1-2H3,(H,18,20). The zero-order valence-corrected chi connectivity index (χ0v) is 13.1. The monoisotopic (exact) mass is 310 g/mol. The zero-order valence-electron chi connectivity index (χ0n) is 13.1. The quantitative estimate of drug-likeness (QED) is 0.732. The van der Waals surface area contributed by atoms with Crippen LogP contribution in [0.25, 0.3) is 10.8 Å². The molecule has 1 heterocycles. The van der Waals surface area contributed by atoms with E-state index < -0.39 is 5.97 Å². The molecule has 0 amide bonds. The van der Waals surface area contributed by atoms with Gasteiger partial charge in [-0.05, 0) is 25.3 Å². The third-order valence-corrected chi connectivity index (χ3v) is 3.45. The maximum atomic E-state index is 12.1. The molecule has 1 N–H and O–H groups in total. The number of aromatic nitrogens is 3. The number of carbonyl (C=O) groups is 1. The number of nitrogens with zero attached hydrogens (tertiary/aromatic N) is 3. The van der Waals surface area contributed by atoms with Crippen molar-refractivity contribution in [3.05, 3.63) is 48.2 Å². The summed E-state index contributed by atoms with van der Waals surface area (Å²) in [6.45, 7) is 4.55. The summed E-state index contributed by atoms with van der Waals surface area (Å²) in [6.07, 6.45) is 0. The highest BCUT2D eigenvalue weighted by Gasteiger charge is 2.20. The van der Waals surface area contributed by atoms with Gasteiger partial charge in [0.2, 0.25) is 5.69 Å². The second kappa shape index (κ2) is 6.48. The number of nitrogens with one attached hydrogen (secondary N) is 1. The fourth-order valence-corrected chi connectivity index (χ4v) is 2.37. The predicted molar refractivity (Wildman–Crippen MR) is 88.9 cm³/mol. The molecule has 0 bridgehead atoms. The van der Waals surface area contributed by atoms with E-state index in [1.165, 1.54) is 4.80 Å². The molecule has 6 nitrogen and oxygen atoms in total. The summed E-state index contributed by atoms with van der Waals surface area (Å²) >= 11 is 0. The summed E-state index contributed by atoms with van der Waals surface area (Å²) in [7, 11) is 0. The van der Waals surface area contributed by atoms with Gasteiger partial charge in [0, 0.05) is 11.1 Å². The zero-order chi connectivity index (χ0) is 16.2. The van der Waals surface area contributed by atoms with Gasteiger partial charge in [-0.3, -0.25) is 0 Å². The van der Waals surface area contributed by atoms with Crippen LogP contribution < -0.4 is 5.32 Å². The maximum absolute atomic E-state index is 12.1. The number of hydrogen-bond donors (Lipinski definition) is 1. The smallest absolute Gasteiger partial charge is 0.362 e. The van der Waals surface area contributed by atoms with Crippen LogP contribution in [0, 0.1) is 0 Å². The van der Waals surface area contributed by atoms with E-state index in [1.807, 2.05) is 49.4 Å². The van der Waals surface area contributed by atoms with E-state index >= 15 is 0 Å². The molecule has 0 fully saturated rings. The second-order valence-corrected chi connectivity index (χ2v) is 4.96. The van der Waals surface area contributed by atoms with Crippen molar-refractivity contribution in [2.45, 2.75) is 20.4 Å². The van der Waals surface area contributed by atoms with Gasteiger partial charge in [0.05, 0.1) is 13.2 Å². The third kappa shape index (κ3) is 3.01. The Bertz CT molecular complexity index is 836. The molecule has 0 atom stereocenters. The fourth-order valence-electron chi connectivity index (χ4n) is 2.37. The first-order valence-electron chi connectivity index (χ1n) is 7.60. The first kappa shape index (κ1) is 15.0. The fraction of sp³-hybridized carbons (Fsp3) is 0.235. The highest BCUT2D eigenvalue weighted by Crippen LogP contribution is 2.26. The van der Waals surface area contributed by atoms with Gasteiger partial charge in [-0.2, -0.15) is 4.80 Å². The lowest BCUT2D eigenvalue weighted by Gasteiger charge is -2.08. The second-order valence-electron chi connectivity index (χ2n) is 4.96. The van der Waals surface area contributed by atoms with Crippen molar-refractivity contribution in [2.24, 2.45) is 0 Å². The van der Waals surface area contributed by atoms with Crippen LogP contribution in [-0.4, -0.2) is 27.6 Å². The molecule has 3 aromatic rings. The molecule has 0 aliphatic rings. The number of esters is 1. The van der Waals surface area contributed by atoms with Crippen molar-refractivity contribution in [1.29, 1.82) is 0 Å². The molecule has 3 rings (SSSR count). The number of benzene rings is 2. The molecule has 118 valence electrons. The van der Waals surface area contributed by atoms with Gasteiger partial charge in [-0.25, -0.2) is 4.79 Å². The van der Waals surface area contributed by atoms with Gasteiger partial charge < -0.3 is 10.1 Å². The Kier molecular flexibility index (Phi) is 4.23. The Balaban J connectivity index is 2.01. The highest BCUT2D eigenvalue weighted by molar-refractivity contribution is 5.98. The number of anilines is 2. The van der Waals surface area contributed by atoms with E-state index in [0.717, 1.165) is 16.5 Å². The number of carbonyl (C=O) groups excluding carboxylic acids is 1. The minimum atomic E-state index is -0.477. The molecule has 0 saturated heterocycles. The van der Waals surface area contributed by atoms with Gasteiger partial charge in [0.15, 0.2) is 5.82 Å². The lowest BCUT2D eigenvalue weighted by molar-refractivity contribution is 0.0519. The molecule has 0 aliphatic carbocycles. The van der Waals surface area contributed by atoms with E-state index in [-0.39, 0.29) is 5.69 Å². The van der Waals surface area contributed by atoms with Crippen molar-refractivity contribution < 1.29 is 9.53 Å². The molecule has 0 aliphatic heterocycles. The lowest BCUT2D eigenvalue weighted by Crippen LogP contribution is -2.08. The molecule has 23 heavy (non-hydrogen) atoms.